The molecule has 0 spiro atoms. The minimum Gasteiger partial charge on any atom is -0.376 e. The zero-order valence-electron chi connectivity index (χ0n) is 10.7. The molecule has 1 atom stereocenters. The van der Waals surface area contributed by atoms with Gasteiger partial charge in [-0.05, 0) is 42.8 Å². The number of halogens is 2. The highest BCUT2D eigenvalue weighted by atomic mass is 35.5. The van der Waals surface area contributed by atoms with Crippen LogP contribution in [0.2, 0.25) is 10.0 Å². The van der Waals surface area contributed by atoms with Crippen molar-refractivity contribution in [3.63, 3.8) is 0 Å². The third-order valence-corrected chi connectivity index (χ3v) is 3.81. The van der Waals surface area contributed by atoms with E-state index >= 15 is 0 Å². The molecule has 1 aliphatic rings. The Bertz CT molecular complexity index is 504. The van der Waals surface area contributed by atoms with Crippen LogP contribution < -0.4 is 10.7 Å². The normalized spacial score (nSPS) is 18.4. The Morgan fingerprint density at radius 1 is 1.45 bits per heavy atom. The van der Waals surface area contributed by atoms with Gasteiger partial charge < -0.3 is 10.1 Å². The summed E-state index contributed by atoms with van der Waals surface area (Å²) in [4.78, 5) is 0. The van der Waals surface area contributed by atoms with Crippen molar-refractivity contribution >= 4 is 46.7 Å². The monoisotopic (exact) mass is 331 g/mol. The smallest absolute Gasteiger partial charge is 0.187 e. The summed E-state index contributed by atoms with van der Waals surface area (Å²) in [6, 6.07) is 5.28. The first-order chi connectivity index (χ1) is 9.65. The highest BCUT2D eigenvalue weighted by Gasteiger charge is 2.14. The molecule has 20 heavy (non-hydrogen) atoms. The van der Waals surface area contributed by atoms with Crippen LogP contribution in [0.4, 0.5) is 0 Å². The molecule has 0 aromatic heterocycles. The molecule has 0 amide bonds. The van der Waals surface area contributed by atoms with Gasteiger partial charge in [-0.3, -0.25) is 5.43 Å². The molecular formula is C13H15Cl2N3OS. The summed E-state index contributed by atoms with van der Waals surface area (Å²) < 4.78 is 5.49. The fourth-order valence-electron chi connectivity index (χ4n) is 1.81. The number of hydrogen-bond acceptors (Lipinski definition) is 3. The van der Waals surface area contributed by atoms with Crippen LogP contribution in [0.3, 0.4) is 0 Å². The molecule has 7 heteroatoms. The van der Waals surface area contributed by atoms with Gasteiger partial charge >= 0.3 is 0 Å². The van der Waals surface area contributed by atoms with Gasteiger partial charge in [0.2, 0.25) is 0 Å². The Hall–Kier alpha value is -0.880. The first-order valence-electron chi connectivity index (χ1n) is 6.29. The minimum atomic E-state index is 0.244. The number of thiocarbonyl (C=S) groups is 1. The zero-order chi connectivity index (χ0) is 14.4. The van der Waals surface area contributed by atoms with Crippen LogP contribution >= 0.6 is 35.4 Å². The van der Waals surface area contributed by atoms with Crippen molar-refractivity contribution in [1.82, 2.24) is 10.7 Å². The maximum absolute atomic E-state index is 5.91. The van der Waals surface area contributed by atoms with E-state index in [9.17, 15) is 0 Å². The third kappa shape index (κ3) is 4.90. The molecule has 0 aliphatic carbocycles. The molecule has 1 saturated heterocycles. The van der Waals surface area contributed by atoms with Gasteiger partial charge in [-0.25, -0.2) is 0 Å². The lowest BCUT2D eigenvalue weighted by Gasteiger charge is -2.11. The maximum atomic E-state index is 5.91. The first kappa shape index (κ1) is 15.5. The average Bonchev–Trinajstić information content (AvgIpc) is 2.94. The fraction of sp³-hybridized carbons (Fsp3) is 0.385. The SMILES string of the molecule is S=C(NC[C@@H]1CCCO1)N/N=C\c1ccc(Cl)c(Cl)c1. The van der Waals surface area contributed by atoms with Gasteiger partial charge in [0.05, 0.1) is 22.4 Å². The van der Waals surface area contributed by atoms with Gasteiger partial charge in [0, 0.05) is 13.2 Å². The predicted octanol–water partition coefficient (Wildman–Crippen LogP) is 2.97. The van der Waals surface area contributed by atoms with Crippen molar-refractivity contribution in [2.45, 2.75) is 18.9 Å². The van der Waals surface area contributed by atoms with Gasteiger partial charge in [0.25, 0.3) is 0 Å². The van der Waals surface area contributed by atoms with E-state index in [-0.39, 0.29) is 6.10 Å². The van der Waals surface area contributed by atoms with Crippen LogP contribution in [-0.4, -0.2) is 30.6 Å². The van der Waals surface area contributed by atoms with E-state index < -0.39 is 0 Å². The number of nitrogens with zero attached hydrogens (tertiary/aromatic N) is 1. The fourth-order valence-corrected chi connectivity index (χ4v) is 2.25. The number of benzene rings is 1. The summed E-state index contributed by atoms with van der Waals surface area (Å²) in [7, 11) is 0. The standard InChI is InChI=1S/C13H15Cl2N3OS/c14-11-4-3-9(6-12(11)15)7-17-18-13(20)16-8-10-2-1-5-19-10/h3-4,6-7,10H,1-2,5,8H2,(H2,16,18,20)/b17-7-/t10-/m0/s1. The molecule has 1 aliphatic heterocycles. The number of hydrogen-bond donors (Lipinski definition) is 2. The molecule has 2 rings (SSSR count). The lowest BCUT2D eigenvalue weighted by molar-refractivity contribution is 0.114. The van der Waals surface area contributed by atoms with Crippen molar-refractivity contribution in [2.24, 2.45) is 5.10 Å². The number of ether oxygens (including phenoxy) is 1. The highest BCUT2D eigenvalue weighted by Crippen LogP contribution is 2.21. The number of nitrogens with one attached hydrogen (secondary N) is 2. The molecule has 4 nitrogen and oxygen atoms in total. The van der Waals surface area contributed by atoms with Crippen molar-refractivity contribution in [3.8, 4) is 0 Å². The summed E-state index contributed by atoms with van der Waals surface area (Å²) in [6.07, 6.45) is 4.06. The molecule has 108 valence electrons. The van der Waals surface area contributed by atoms with Crippen LogP contribution in [0.1, 0.15) is 18.4 Å². The van der Waals surface area contributed by atoms with Crippen LogP contribution in [0.5, 0.6) is 0 Å². The lowest BCUT2D eigenvalue weighted by atomic mass is 10.2. The van der Waals surface area contributed by atoms with Crippen LogP contribution in [0.25, 0.3) is 0 Å². The van der Waals surface area contributed by atoms with Crippen molar-refractivity contribution in [3.05, 3.63) is 33.8 Å². The van der Waals surface area contributed by atoms with Crippen LogP contribution in [-0.2, 0) is 4.74 Å². The molecule has 1 aromatic carbocycles. The summed E-state index contributed by atoms with van der Waals surface area (Å²) >= 11 is 16.9. The zero-order valence-corrected chi connectivity index (χ0v) is 13.1. The second-order valence-corrected chi connectivity index (χ2v) is 5.61. The molecule has 0 bridgehead atoms. The topological polar surface area (TPSA) is 45.6 Å². The van der Waals surface area contributed by atoms with E-state index in [1.54, 1.807) is 18.3 Å². The second-order valence-electron chi connectivity index (χ2n) is 4.39. The van der Waals surface area contributed by atoms with E-state index in [2.05, 4.69) is 15.8 Å². The van der Waals surface area contributed by atoms with Crippen molar-refractivity contribution in [1.29, 1.82) is 0 Å². The van der Waals surface area contributed by atoms with E-state index in [4.69, 9.17) is 40.2 Å². The average molecular weight is 332 g/mol. The van der Waals surface area contributed by atoms with Crippen molar-refractivity contribution in [2.75, 3.05) is 13.2 Å². The minimum absolute atomic E-state index is 0.244. The van der Waals surface area contributed by atoms with E-state index in [0.29, 0.717) is 21.7 Å². The molecule has 0 radical (unpaired) electrons. The maximum Gasteiger partial charge on any atom is 0.187 e. The molecule has 0 saturated carbocycles. The molecule has 2 N–H and O–H groups in total. The lowest BCUT2D eigenvalue weighted by Crippen LogP contribution is -2.37. The van der Waals surface area contributed by atoms with E-state index in [1.165, 1.54) is 0 Å². The Labute approximate surface area is 133 Å². The predicted molar refractivity (Wildman–Crippen MR) is 86.8 cm³/mol. The molecule has 1 fully saturated rings. The third-order valence-electron chi connectivity index (χ3n) is 2.84. The number of rotatable bonds is 4. The summed E-state index contributed by atoms with van der Waals surface area (Å²) in [6.45, 7) is 1.54. The Balaban J connectivity index is 1.74. The van der Waals surface area contributed by atoms with Crippen molar-refractivity contribution < 1.29 is 4.74 Å². The molecule has 1 aromatic rings. The van der Waals surface area contributed by atoms with E-state index in [0.717, 1.165) is 25.0 Å². The van der Waals surface area contributed by atoms with Crippen LogP contribution in [0.15, 0.2) is 23.3 Å². The van der Waals surface area contributed by atoms with Gasteiger partial charge in [0.1, 0.15) is 0 Å². The van der Waals surface area contributed by atoms with Gasteiger partial charge in [-0.15, -0.1) is 0 Å². The largest absolute Gasteiger partial charge is 0.376 e. The highest BCUT2D eigenvalue weighted by molar-refractivity contribution is 7.80. The molecule has 0 unspecified atom stereocenters. The quantitative estimate of drug-likeness (QED) is 0.506. The summed E-state index contributed by atoms with van der Waals surface area (Å²) in [5.74, 6) is 0. The second kappa shape index (κ2) is 7.78. The number of hydrazone groups is 1. The van der Waals surface area contributed by atoms with Crippen LogP contribution in [0, 0.1) is 0 Å². The van der Waals surface area contributed by atoms with Gasteiger partial charge in [0.15, 0.2) is 5.11 Å². The summed E-state index contributed by atoms with van der Waals surface area (Å²) in [5.41, 5.74) is 3.59. The Morgan fingerprint density at radius 3 is 3.00 bits per heavy atom. The molecule has 1 heterocycles. The first-order valence-corrected chi connectivity index (χ1v) is 7.45. The Morgan fingerprint density at radius 2 is 2.30 bits per heavy atom. The Kier molecular flexibility index (Phi) is 6.04. The summed E-state index contributed by atoms with van der Waals surface area (Å²) in [5, 5.41) is 8.59. The van der Waals surface area contributed by atoms with E-state index in [1.807, 2.05) is 6.07 Å². The van der Waals surface area contributed by atoms with Gasteiger partial charge in [-0.1, -0.05) is 29.3 Å². The molecular weight excluding hydrogens is 317 g/mol. The van der Waals surface area contributed by atoms with Gasteiger partial charge in [-0.2, -0.15) is 5.10 Å².